The van der Waals surface area contributed by atoms with Crippen molar-refractivity contribution in [2.24, 2.45) is 11.1 Å². The molecule has 2 rings (SSSR count). The molecule has 2 atom stereocenters. The lowest BCUT2D eigenvalue weighted by molar-refractivity contribution is -0.219. The molecule has 25 heavy (non-hydrogen) atoms. The van der Waals surface area contributed by atoms with Crippen LogP contribution < -0.4 is 15.4 Å². The Bertz CT molecular complexity index is 680. The number of amides is 1. The van der Waals surface area contributed by atoms with E-state index in [2.05, 4.69) is 4.74 Å². The molecule has 0 radical (unpaired) electrons. The summed E-state index contributed by atoms with van der Waals surface area (Å²) in [6.45, 7) is -3.26. The lowest BCUT2D eigenvalue weighted by Gasteiger charge is -2.35. The fraction of sp³-hybridized carbons (Fsp3) is 0.500. The molecular formula is C14H13F7N2O2. The van der Waals surface area contributed by atoms with Crippen molar-refractivity contribution in [2.75, 3.05) is 11.4 Å². The zero-order valence-electron chi connectivity index (χ0n) is 12.7. The van der Waals surface area contributed by atoms with Crippen LogP contribution >= 0.6 is 0 Å². The van der Waals surface area contributed by atoms with Crippen LogP contribution in [0.1, 0.15) is 13.3 Å². The first-order valence-electron chi connectivity index (χ1n) is 6.95. The van der Waals surface area contributed by atoms with Crippen LogP contribution in [0, 0.1) is 17.0 Å². The van der Waals surface area contributed by atoms with Gasteiger partial charge in [0.1, 0.15) is 6.04 Å². The average molecular weight is 374 g/mol. The van der Waals surface area contributed by atoms with Gasteiger partial charge in [-0.2, -0.15) is 26.3 Å². The number of alkyl halides is 5. The van der Waals surface area contributed by atoms with E-state index in [9.17, 15) is 35.5 Å². The summed E-state index contributed by atoms with van der Waals surface area (Å²) in [5, 5.41) is 0. The molecule has 1 fully saturated rings. The average Bonchev–Trinajstić information content (AvgIpc) is 2.82. The van der Waals surface area contributed by atoms with Gasteiger partial charge in [-0.1, -0.05) is 0 Å². The summed E-state index contributed by atoms with van der Waals surface area (Å²) < 4.78 is 96.2. The lowest BCUT2D eigenvalue weighted by Crippen LogP contribution is -2.54. The van der Waals surface area contributed by atoms with Gasteiger partial charge in [0.05, 0.1) is 11.1 Å². The van der Waals surface area contributed by atoms with Gasteiger partial charge in [-0.05, 0) is 25.5 Å². The molecule has 0 spiro atoms. The first-order chi connectivity index (χ1) is 11.4. The fourth-order valence-corrected chi connectivity index (χ4v) is 2.94. The summed E-state index contributed by atoms with van der Waals surface area (Å²) in [4.78, 5) is 12.4. The van der Waals surface area contributed by atoms with E-state index in [0.29, 0.717) is 11.0 Å². The van der Waals surface area contributed by atoms with Gasteiger partial charge in [0, 0.05) is 6.54 Å². The summed E-state index contributed by atoms with van der Waals surface area (Å²) in [5.74, 6) is -6.01. The van der Waals surface area contributed by atoms with Gasteiger partial charge in [0.25, 0.3) is 0 Å². The molecule has 11 heteroatoms. The fourth-order valence-electron chi connectivity index (χ4n) is 2.94. The van der Waals surface area contributed by atoms with E-state index in [1.54, 1.807) is 0 Å². The molecule has 1 amide bonds. The summed E-state index contributed by atoms with van der Waals surface area (Å²) in [5.41, 5.74) is 1.87. The van der Waals surface area contributed by atoms with Crippen molar-refractivity contribution in [1.29, 1.82) is 0 Å². The number of hydrogen-bond donors (Lipinski definition) is 1. The molecule has 1 aromatic carbocycles. The highest BCUT2D eigenvalue weighted by atomic mass is 19.4. The zero-order chi connectivity index (χ0) is 19.2. The molecule has 0 aliphatic carbocycles. The standard InChI is InChI=1S/C14H13F7N2O2/c1-13(14(19,20)21)4-5-23(10(13)11(22)24)7-3-2-6(15)8(16)9(7)25-12(17)18/h2-3,10,12H,4-5H2,1H3,(H2,22,24). The van der Waals surface area contributed by atoms with Gasteiger partial charge >= 0.3 is 12.8 Å². The van der Waals surface area contributed by atoms with Crippen molar-refractivity contribution in [1.82, 2.24) is 0 Å². The maximum atomic E-state index is 13.8. The second-order valence-corrected chi connectivity index (χ2v) is 5.75. The number of nitrogens with zero attached hydrogens (tertiary/aromatic N) is 1. The van der Waals surface area contributed by atoms with Crippen molar-refractivity contribution < 1.29 is 40.3 Å². The Morgan fingerprint density at radius 1 is 1.36 bits per heavy atom. The quantitative estimate of drug-likeness (QED) is 0.824. The monoisotopic (exact) mass is 374 g/mol. The van der Waals surface area contributed by atoms with Crippen molar-refractivity contribution in [3.63, 3.8) is 0 Å². The summed E-state index contributed by atoms with van der Waals surface area (Å²) >= 11 is 0. The first kappa shape index (κ1) is 19.1. The number of ether oxygens (including phenoxy) is 1. The minimum atomic E-state index is -4.84. The zero-order valence-corrected chi connectivity index (χ0v) is 12.7. The third-order valence-electron chi connectivity index (χ3n) is 4.25. The van der Waals surface area contributed by atoms with Crippen LogP contribution in [0.15, 0.2) is 12.1 Å². The largest absolute Gasteiger partial charge is 0.429 e. The Hall–Kier alpha value is -2.20. The van der Waals surface area contributed by atoms with Crippen molar-refractivity contribution in [3.8, 4) is 5.75 Å². The Morgan fingerprint density at radius 2 is 1.96 bits per heavy atom. The number of anilines is 1. The van der Waals surface area contributed by atoms with Crippen LogP contribution in [0.4, 0.5) is 36.4 Å². The van der Waals surface area contributed by atoms with Crippen molar-refractivity contribution >= 4 is 11.6 Å². The van der Waals surface area contributed by atoms with E-state index in [1.165, 1.54) is 0 Å². The number of halogens is 7. The maximum absolute atomic E-state index is 13.8. The van der Waals surface area contributed by atoms with Gasteiger partial charge in [-0.25, -0.2) is 4.39 Å². The third kappa shape index (κ3) is 3.19. The third-order valence-corrected chi connectivity index (χ3v) is 4.25. The molecule has 1 aliphatic heterocycles. The first-order valence-corrected chi connectivity index (χ1v) is 6.95. The molecule has 0 saturated carbocycles. The van der Waals surface area contributed by atoms with Crippen molar-refractivity contribution in [3.05, 3.63) is 23.8 Å². The number of rotatable bonds is 4. The SMILES string of the molecule is CC1(C(F)(F)F)CCN(c2ccc(F)c(F)c2OC(F)F)C1C(N)=O. The Balaban J connectivity index is 2.58. The topological polar surface area (TPSA) is 55.6 Å². The molecule has 1 aromatic rings. The molecule has 4 nitrogen and oxygen atoms in total. The minimum absolute atomic E-state index is 0.450. The van der Waals surface area contributed by atoms with Gasteiger partial charge in [-0.15, -0.1) is 0 Å². The second-order valence-electron chi connectivity index (χ2n) is 5.75. The molecule has 1 heterocycles. The van der Waals surface area contributed by atoms with Gasteiger partial charge < -0.3 is 15.4 Å². The summed E-state index contributed by atoms with van der Waals surface area (Å²) in [6.07, 6.45) is -5.44. The molecule has 0 bridgehead atoms. The van der Waals surface area contributed by atoms with Gasteiger partial charge in [0.2, 0.25) is 11.7 Å². The lowest BCUT2D eigenvalue weighted by atomic mass is 9.81. The molecule has 2 unspecified atom stereocenters. The van der Waals surface area contributed by atoms with Crippen molar-refractivity contribution in [2.45, 2.75) is 32.2 Å². The number of benzene rings is 1. The maximum Gasteiger partial charge on any atom is 0.396 e. The summed E-state index contributed by atoms with van der Waals surface area (Å²) in [7, 11) is 0. The number of hydrogen-bond acceptors (Lipinski definition) is 3. The molecular weight excluding hydrogens is 361 g/mol. The predicted molar refractivity (Wildman–Crippen MR) is 72.1 cm³/mol. The van der Waals surface area contributed by atoms with Gasteiger partial charge in [-0.3, -0.25) is 4.79 Å². The Kier molecular flexibility index (Phi) is 4.79. The van der Waals surface area contributed by atoms with E-state index in [4.69, 9.17) is 5.73 Å². The normalized spacial score (nSPS) is 24.0. The number of carbonyl (C=O) groups is 1. The van der Waals surface area contributed by atoms with Crippen LogP contribution in [0.5, 0.6) is 5.75 Å². The minimum Gasteiger partial charge on any atom is -0.429 e. The van der Waals surface area contributed by atoms with Crippen LogP contribution in [0.25, 0.3) is 0 Å². The molecule has 1 aliphatic rings. The summed E-state index contributed by atoms with van der Waals surface area (Å²) in [6, 6.07) is -0.712. The van der Waals surface area contributed by atoms with Crippen LogP contribution in [0.3, 0.4) is 0 Å². The second kappa shape index (κ2) is 6.26. The smallest absolute Gasteiger partial charge is 0.396 e. The Morgan fingerprint density at radius 3 is 2.44 bits per heavy atom. The number of carbonyl (C=O) groups excluding carboxylic acids is 1. The predicted octanol–water partition coefficient (Wildman–Crippen LogP) is 3.20. The highest BCUT2D eigenvalue weighted by Crippen LogP contribution is 2.51. The number of nitrogens with two attached hydrogens (primary N) is 1. The van der Waals surface area contributed by atoms with E-state index < -0.39 is 66.2 Å². The van der Waals surface area contributed by atoms with Crippen LogP contribution in [0.2, 0.25) is 0 Å². The van der Waals surface area contributed by atoms with E-state index in [-0.39, 0.29) is 0 Å². The molecule has 0 aromatic heterocycles. The Labute approximate surface area is 137 Å². The van der Waals surface area contributed by atoms with E-state index in [1.807, 2.05) is 0 Å². The van der Waals surface area contributed by atoms with E-state index in [0.717, 1.165) is 13.0 Å². The highest BCUT2D eigenvalue weighted by molar-refractivity contribution is 5.86. The molecule has 140 valence electrons. The number of primary amides is 1. The molecule has 2 N–H and O–H groups in total. The van der Waals surface area contributed by atoms with E-state index >= 15 is 0 Å². The van der Waals surface area contributed by atoms with Gasteiger partial charge in [0.15, 0.2) is 11.6 Å². The van der Waals surface area contributed by atoms with Crippen LogP contribution in [-0.2, 0) is 4.79 Å². The highest BCUT2D eigenvalue weighted by Gasteiger charge is 2.63. The van der Waals surface area contributed by atoms with Crippen LogP contribution in [-0.4, -0.2) is 31.3 Å². The molecule has 1 saturated heterocycles.